The van der Waals surface area contributed by atoms with E-state index in [1.807, 2.05) is 0 Å². The average molecular weight is 190 g/mol. The van der Waals surface area contributed by atoms with E-state index in [9.17, 15) is 4.79 Å². The molecule has 1 amide bonds. The molecule has 1 fully saturated rings. The molecule has 8 heavy (non-hydrogen) atoms. The summed E-state index contributed by atoms with van der Waals surface area (Å²) >= 11 is 3.09. The van der Waals surface area contributed by atoms with E-state index in [-0.39, 0.29) is 31.8 Å². The van der Waals surface area contributed by atoms with Crippen LogP contribution in [-0.2, 0) is 4.79 Å². The number of amides is 1. The fourth-order valence-electron chi connectivity index (χ4n) is 0.615. The van der Waals surface area contributed by atoms with Crippen molar-refractivity contribution in [2.75, 3.05) is 6.54 Å². The van der Waals surface area contributed by atoms with E-state index < -0.39 is 0 Å². The van der Waals surface area contributed by atoms with Gasteiger partial charge in [0.2, 0.25) is 5.91 Å². The molecule has 0 saturated carbocycles. The first-order valence-electron chi connectivity index (χ1n) is 2.27. The second-order valence-corrected chi connectivity index (χ2v) is 2.44. The zero-order chi connectivity index (χ0) is 5.28. The number of nitrogens with zero attached hydrogens (tertiary/aromatic N) is 1. The molecular weight excluding hydrogens is 182 g/mol. The molecule has 1 aliphatic heterocycles. The molecule has 2 nitrogen and oxygen atoms in total. The SMILES string of the molecule is O=C1CCCN1Br.[H-].[H-].[Mg+2]. The average Bonchev–Trinajstić information content (AvgIpc) is 1.91. The minimum Gasteiger partial charge on any atom is -1.00 e. The third-order valence-electron chi connectivity index (χ3n) is 1.02. The second kappa shape index (κ2) is 3.69. The van der Waals surface area contributed by atoms with E-state index in [0.717, 1.165) is 13.0 Å². The first-order valence-corrected chi connectivity index (χ1v) is 2.98. The second-order valence-electron chi connectivity index (χ2n) is 1.58. The molecule has 0 spiro atoms. The van der Waals surface area contributed by atoms with Gasteiger partial charge in [0.25, 0.3) is 0 Å². The molecule has 0 aromatic carbocycles. The molecule has 1 aliphatic rings. The van der Waals surface area contributed by atoms with E-state index in [1.165, 1.54) is 0 Å². The Morgan fingerprint density at radius 1 is 1.75 bits per heavy atom. The van der Waals surface area contributed by atoms with Crippen molar-refractivity contribution in [1.29, 1.82) is 0 Å². The largest absolute Gasteiger partial charge is 2.00 e. The van der Waals surface area contributed by atoms with Crippen LogP contribution in [0.2, 0.25) is 0 Å². The quantitative estimate of drug-likeness (QED) is 0.408. The van der Waals surface area contributed by atoms with Gasteiger partial charge in [0.1, 0.15) is 0 Å². The molecule has 0 bridgehead atoms. The van der Waals surface area contributed by atoms with Crippen LogP contribution in [0.3, 0.4) is 0 Å². The third-order valence-corrected chi connectivity index (χ3v) is 1.77. The van der Waals surface area contributed by atoms with Crippen LogP contribution in [0, 0.1) is 0 Å². The Bertz CT molecular complexity index is 105. The molecule has 0 radical (unpaired) electrons. The normalized spacial score (nSPS) is 18.6. The van der Waals surface area contributed by atoms with Crippen LogP contribution in [0.1, 0.15) is 15.7 Å². The Labute approximate surface area is 76.1 Å². The standard InChI is InChI=1S/C4H6BrNO.Mg.2H/c5-6-3-1-2-4(6)7;;;/h1-3H2;;;/q;+2;2*-1. The topological polar surface area (TPSA) is 20.3 Å². The first-order chi connectivity index (χ1) is 3.30. The zero-order valence-corrected chi connectivity index (χ0v) is 7.56. The van der Waals surface area contributed by atoms with Crippen LogP contribution in [0.5, 0.6) is 0 Å². The van der Waals surface area contributed by atoms with Crippen molar-refractivity contribution >= 4 is 45.1 Å². The van der Waals surface area contributed by atoms with Crippen molar-refractivity contribution in [3.8, 4) is 0 Å². The van der Waals surface area contributed by atoms with Crippen molar-refractivity contribution in [3.05, 3.63) is 0 Å². The Hall–Kier alpha value is 0.716. The summed E-state index contributed by atoms with van der Waals surface area (Å²) in [5, 5.41) is 0. The monoisotopic (exact) mass is 189 g/mol. The zero-order valence-electron chi connectivity index (χ0n) is 6.56. The molecule has 0 N–H and O–H groups in total. The van der Waals surface area contributed by atoms with Crippen LogP contribution in [0.4, 0.5) is 0 Å². The molecule has 4 heteroatoms. The van der Waals surface area contributed by atoms with Crippen molar-refractivity contribution in [3.63, 3.8) is 0 Å². The predicted molar refractivity (Wildman–Crippen MR) is 37.9 cm³/mol. The summed E-state index contributed by atoms with van der Waals surface area (Å²) in [7, 11) is 0. The molecule has 1 heterocycles. The Morgan fingerprint density at radius 2 is 2.38 bits per heavy atom. The maximum atomic E-state index is 10.5. The minimum atomic E-state index is 0. The molecule has 0 unspecified atom stereocenters. The Balaban J connectivity index is -0.000000163. The number of halogens is 1. The van der Waals surface area contributed by atoms with Crippen molar-refractivity contribution in [2.45, 2.75) is 12.8 Å². The summed E-state index contributed by atoms with van der Waals surface area (Å²) in [6, 6.07) is 0. The number of hydrogen-bond donors (Lipinski definition) is 0. The van der Waals surface area contributed by atoms with Crippen LogP contribution in [-0.4, -0.2) is 39.4 Å². The number of rotatable bonds is 0. The van der Waals surface area contributed by atoms with Gasteiger partial charge in [-0.05, 0) is 6.42 Å². The van der Waals surface area contributed by atoms with Crippen molar-refractivity contribution in [2.24, 2.45) is 0 Å². The smallest absolute Gasteiger partial charge is 1.00 e. The fraction of sp³-hybridized carbons (Fsp3) is 0.750. The van der Waals surface area contributed by atoms with E-state index in [2.05, 4.69) is 16.1 Å². The van der Waals surface area contributed by atoms with Gasteiger partial charge in [-0.2, -0.15) is 0 Å². The fourth-order valence-corrected chi connectivity index (χ4v) is 1.04. The van der Waals surface area contributed by atoms with Gasteiger partial charge in [-0.15, -0.1) is 0 Å². The van der Waals surface area contributed by atoms with E-state index >= 15 is 0 Å². The van der Waals surface area contributed by atoms with Gasteiger partial charge in [0, 0.05) is 13.0 Å². The minimum absolute atomic E-state index is 0. The Kier molecular flexibility index (Phi) is 4.02. The molecule has 0 aliphatic carbocycles. The summed E-state index contributed by atoms with van der Waals surface area (Å²) in [4.78, 5) is 10.5. The van der Waals surface area contributed by atoms with Crippen molar-refractivity contribution < 1.29 is 7.65 Å². The van der Waals surface area contributed by atoms with Gasteiger partial charge in [-0.25, -0.2) is 0 Å². The maximum absolute atomic E-state index is 10.5. The van der Waals surface area contributed by atoms with Crippen LogP contribution < -0.4 is 0 Å². The number of carbonyl (C=O) groups excluding carboxylic acids is 1. The van der Waals surface area contributed by atoms with Gasteiger partial charge >= 0.3 is 23.1 Å². The summed E-state index contributed by atoms with van der Waals surface area (Å²) < 4.78 is 1.58. The van der Waals surface area contributed by atoms with Gasteiger partial charge in [0.15, 0.2) is 0 Å². The van der Waals surface area contributed by atoms with Crippen molar-refractivity contribution in [1.82, 2.24) is 3.93 Å². The first kappa shape index (κ1) is 8.72. The van der Waals surface area contributed by atoms with E-state index in [1.54, 1.807) is 3.93 Å². The number of carbonyl (C=O) groups is 1. The maximum Gasteiger partial charge on any atom is 2.00 e. The van der Waals surface area contributed by atoms with Gasteiger partial charge in [-0.1, -0.05) is 0 Å². The molecule has 0 atom stereocenters. The Morgan fingerprint density at radius 3 is 2.50 bits per heavy atom. The summed E-state index contributed by atoms with van der Waals surface area (Å²) in [5.41, 5.74) is 0. The number of hydrogen-bond acceptors (Lipinski definition) is 1. The summed E-state index contributed by atoms with van der Waals surface area (Å²) in [6.07, 6.45) is 1.72. The van der Waals surface area contributed by atoms with Crippen LogP contribution in [0.15, 0.2) is 0 Å². The van der Waals surface area contributed by atoms with E-state index in [0.29, 0.717) is 6.42 Å². The summed E-state index contributed by atoms with van der Waals surface area (Å²) in [6.45, 7) is 0.874. The third kappa shape index (κ3) is 1.91. The van der Waals surface area contributed by atoms with Gasteiger partial charge in [-0.3, -0.25) is 8.72 Å². The predicted octanol–water partition coefficient (Wildman–Crippen LogP) is 0.763. The van der Waals surface area contributed by atoms with E-state index in [4.69, 9.17) is 0 Å². The molecule has 44 valence electrons. The molecule has 1 saturated heterocycles. The van der Waals surface area contributed by atoms with Gasteiger partial charge < -0.3 is 2.85 Å². The van der Waals surface area contributed by atoms with Crippen LogP contribution in [0.25, 0.3) is 0 Å². The van der Waals surface area contributed by atoms with Gasteiger partial charge in [0.05, 0.1) is 16.1 Å². The molecular formula is C4H8BrMgNO. The van der Waals surface area contributed by atoms with Crippen LogP contribution >= 0.6 is 16.1 Å². The molecule has 1 rings (SSSR count). The molecule has 0 aromatic rings. The molecule has 0 aromatic heterocycles. The summed E-state index contributed by atoms with van der Waals surface area (Å²) in [5.74, 6) is 0.208.